The van der Waals surface area contributed by atoms with Crippen LogP contribution in [0.15, 0.2) is 24.3 Å². The van der Waals surface area contributed by atoms with Crippen LogP contribution in [-0.4, -0.2) is 24.4 Å². The van der Waals surface area contributed by atoms with Crippen molar-refractivity contribution in [3.8, 4) is 0 Å². The number of likely N-dealkylation sites (tertiary alicyclic amines) is 1. The van der Waals surface area contributed by atoms with Gasteiger partial charge in [-0.1, -0.05) is 12.1 Å². The molecule has 1 aliphatic rings. The molecule has 1 fully saturated rings. The Morgan fingerprint density at radius 3 is 2.93 bits per heavy atom. The molecule has 0 bridgehead atoms. The second kappa shape index (κ2) is 4.03. The summed E-state index contributed by atoms with van der Waals surface area (Å²) in [5, 5.41) is 0. The van der Waals surface area contributed by atoms with Gasteiger partial charge < -0.3 is 5.73 Å². The molecule has 1 atom stereocenters. The van der Waals surface area contributed by atoms with E-state index in [4.69, 9.17) is 5.73 Å². The normalized spacial score (nSPS) is 21.8. The molecule has 0 spiro atoms. The maximum atomic E-state index is 11.1. The average Bonchev–Trinajstić information content (AvgIpc) is 2.64. The first kappa shape index (κ1) is 10.2. The summed E-state index contributed by atoms with van der Waals surface area (Å²) in [5.41, 5.74) is 7.07. The molecule has 1 aliphatic heterocycles. The third-order valence-corrected chi connectivity index (χ3v) is 3.08. The lowest BCUT2D eigenvalue weighted by Gasteiger charge is -2.19. The summed E-state index contributed by atoms with van der Waals surface area (Å²) in [7, 11) is 2.12. The van der Waals surface area contributed by atoms with E-state index in [1.54, 1.807) is 6.07 Å². The SMILES string of the molecule is CN1CCCC1c1cccc(C(N)=O)c1. The first-order valence-corrected chi connectivity index (χ1v) is 5.28. The maximum absolute atomic E-state index is 11.1. The zero-order valence-electron chi connectivity index (χ0n) is 8.94. The van der Waals surface area contributed by atoms with Crippen molar-refractivity contribution in [2.75, 3.05) is 13.6 Å². The van der Waals surface area contributed by atoms with Crippen molar-refractivity contribution >= 4 is 5.91 Å². The monoisotopic (exact) mass is 204 g/mol. The Bertz CT molecular complexity index is 376. The van der Waals surface area contributed by atoms with Gasteiger partial charge in [-0.15, -0.1) is 0 Å². The molecule has 15 heavy (non-hydrogen) atoms. The predicted octanol–water partition coefficient (Wildman–Crippen LogP) is 1.55. The van der Waals surface area contributed by atoms with Crippen LogP contribution in [0, 0.1) is 0 Å². The van der Waals surface area contributed by atoms with E-state index in [9.17, 15) is 4.79 Å². The summed E-state index contributed by atoms with van der Waals surface area (Å²) >= 11 is 0. The van der Waals surface area contributed by atoms with E-state index >= 15 is 0 Å². The number of rotatable bonds is 2. The molecule has 0 aliphatic carbocycles. The van der Waals surface area contributed by atoms with Gasteiger partial charge in [-0.05, 0) is 44.1 Å². The van der Waals surface area contributed by atoms with Crippen LogP contribution in [0.3, 0.4) is 0 Å². The maximum Gasteiger partial charge on any atom is 0.248 e. The summed E-state index contributed by atoms with van der Waals surface area (Å²) in [4.78, 5) is 13.4. The fraction of sp³-hybridized carbons (Fsp3) is 0.417. The minimum atomic E-state index is -0.350. The van der Waals surface area contributed by atoms with Crippen LogP contribution >= 0.6 is 0 Å². The Labute approximate surface area is 89.9 Å². The molecule has 80 valence electrons. The number of nitrogens with zero attached hydrogens (tertiary/aromatic N) is 1. The van der Waals surface area contributed by atoms with Gasteiger partial charge in [-0.25, -0.2) is 0 Å². The molecular formula is C12H16N2O. The Morgan fingerprint density at radius 1 is 1.53 bits per heavy atom. The van der Waals surface area contributed by atoms with Crippen LogP contribution in [0.4, 0.5) is 0 Å². The van der Waals surface area contributed by atoms with Gasteiger partial charge in [0.1, 0.15) is 0 Å². The molecule has 1 unspecified atom stereocenters. The zero-order chi connectivity index (χ0) is 10.8. The summed E-state index contributed by atoms with van der Waals surface area (Å²) in [6, 6.07) is 8.10. The van der Waals surface area contributed by atoms with Crippen molar-refractivity contribution in [1.82, 2.24) is 4.90 Å². The van der Waals surface area contributed by atoms with Gasteiger partial charge in [0.05, 0.1) is 0 Å². The van der Waals surface area contributed by atoms with Crippen molar-refractivity contribution < 1.29 is 4.79 Å². The van der Waals surface area contributed by atoms with Crippen LogP contribution in [0.5, 0.6) is 0 Å². The minimum Gasteiger partial charge on any atom is -0.366 e. The Balaban J connectivity index is 2.28. The van der Waals surface area contributed by atoms with E-state index in [-0.39, 0.29) is 5.91 Å². The highest BCUT2D eigenvalue weighted by Crippen LogP contribution is 2.30. The fourth-order valence-electron chi connectivity index (χ4n) is 2.23. The molecule has 0 aromatic heterocycles. The van der Waals surface area contributed by atoms with Crippen LogP contribution in [0.2, 0.25) is 0 Å². The number of hydrogen-bond acceptors (Lipinski definition) is 2. The molecule has 1 aromatic rings. The smallest absolute Gasteiger partial charge is 0.248 e. The minimum absolute atomic E-state index is 0.350. The highest BCUT2D eigenvalue weighted by molar-refractivity contribution is 5.92. The van der Waals surface area contributed by atoms with Gasteiger partial charge in [-0.3, -0.25) is 9.69 Å². The third kappa shape index (κ3) is 2.02. The number of amides is 1. The standard InChI is InChI=1S/C12H16N2O/c1-14-7-3-6-11(14)9-4-2-5-10(8-9)12(13)15/h2,4-5,8,11H,3,6-7H2,1H3,(H2,13,15). The fourth-order valence-corrected chi connectivity index (χ4v) is 2.23. The number of nitrogens with two attached hydrogens (primary N) is 1. The molecule has 1 heterocycles. The Hall–Kier alpha value is -1.35. The van der Waals surface area contributed by atoms with Gasteiger partial charge >= 0.3 is 0 Å². The van der Waals surface area contributed by atoms with E-state index in [0.717, 1.165) is 6.54 Å². The summed E-state index contributed by atoms with van der Waals surface area (Å²) < 4.78 is 0. The molecule has 0 radical (unpaired) electrons. The lowest BCUT2D eigenvalue weighted by atomic mass is 10.0. The lowest BCUT2D eigenvalue weighted by Crippen LogP contribution is -2.18. The van der Waals surface area contributed by atoms with Crippen molar-refractivity contribution in [3.05, 3.63) is 35.4 Å². The number of benzene rings is 1. The molecule has 1 saturated heterocycles. The van der Waals surface area contributed by atoms with Crippen molar-refractivity contribution in [2.24, 2.45) is 5.73 Å². The topological polar surface area (TPSA) is 46.3 Å². The molecule has 3 nitrogen and oxygen atoms in total. The van der Waals surface area contributed by atoms with Gasteiger partial charge in [0.2, 0.25) is 5.91 Å². The van der Waals surface area contributed by atoms with Gasteiger partial charge in [0, 0.05) is 11.6 Å². The van der Waals surface area contributed by atoms with Crippen LogP contribution in [0.25, 0.3) is 0 Å². The number of primary amides is 1. The van der Waals surface area contributed by atoms with Gasteiger partial charge in [-0.2, -0.15) is 0 Å². The third-order valence-electron chi connectivity index (χ3n) is 3.08. The Kier molecular flexibility index (Phi) is 2.73. The van der Waals surface area contributed by atoms with Crippen LogP contribution in [-0.2, 0) is 0 Å². The molecule has 1 amide bonds. The van der Waals surface area contributed by atoms with Crippen LogP contribution < -0.4 is 5.73 Å². The number of hydrogen-bond donors (Lipinski definition) is 1. The number of carbonyl (C=O) groups is 1. The highest BCUT2D eigenvalue weighted by atomic mass is 16.1. The van der Waals surface area contributed by atoms with Crippen LogP contribution in [0.1, 0.15) is 34.8 Å². The van der Waals surface area contributed by atoms with Gasteiger partial charge in [0.25, 0.3) is 0 Å². The van der Waals surface area contributed by atoms with E-state index in [0.29, 0.717) is 11.6 Å². The first-order valence-electron chi connectivity index (χ1n) is 5.28. The summed E-state index contributed by atoms with van der Waals surface area (Å²) in [5.74, 6) is -0.350. The molecular weight excluding hydrogens is 188 g/mol. The molecule has 3 heteroatoms. The average molecular weight is 204 g/mol. The molecule has 2 N–H and O–H groups in total. The van der Waals surface area contributed by atoms with E-state index in [1.165, 1.54) is 18.4 Å². The second-order valence-corrected chi connectivity index (χ2v) is 4.13. The lowest BCUT2D eigenvalue weighted by molar-refractivity contribution is 0.1000. The Morgan fingerprint density at radius 2 is 2.33 bits per heavy atom. The summed E-state index contributed by atoms with van der Waals surface area (Å²) in [6.45, 7) is 1.13. The van der Waals surface area contributed by atoms with E-state index in [2.05, 4.69) is 18.0 Å². The largest absolute Gasteiger partial charge is 0.366 e. The van der Waals surface area contributed by atoms with Crippen molar-refractivity contribution in [3.63, 3.8) is 0 Å². The molecule has 0 saturated carbocycles. The number of carbonyl (C=O) groups excluding carboxylic acids is 1. The highest BCUT2D eigenvalue weighted by Gasteiger charge is 2.22. The molecule has 2 rings (SSSR count). The predicted molar refractivity (Wildman–Crippen MR) is 59.6 cm³/mol. The zero-order valence-corrected chi connectivity index (χ0v) is 8.94. The van der Waals surface area contributed by atoms with Crippen molar-refractivity contribution in [2.45, 2.75) is 18.9 Å². The van der Waals surface area contributed by atoms with E-state index in [1.807, 2.05) is 12.1 Å². The quantitative estimate of drug-likeness (QED) is 0.794. The van der Waals surface area contributed by atoms with Crippen molar-refractivity contribution in [1.29, 1.82) is 0 Å². The first-order chi connectivity index (χ1) is 7.18. The second-order valence-electron chi connectivity index (χ2n) is 4.13. The van der Waals surface area contributed by atoms with Gasteiger partial charge in [0.15, 0.2) is 0 Å². The summed E-state index contributed by atoms with van der Waals surface area (Å²) in [6.07, 6.45) is 2.39. The van der Waals surface area contributed by atoms with E-state index < -0.39 is 0 Å². The molecule has 1 aromatic carbocycles.